The molecule has 6 nitrogen and oxygen atoms in total. The van der Waals surface area contributed by atoms with Crippen LogP contribution < -0.4 is 4.74 Å². The van der Waals surface area contributed by atoms with Crippen molar-refractivity contribution in [2.24, 2.45) is 0 Å². The second-order valence-electron chi connectivity index (χ2n) is 7.67. The Hall–Kier alpha value is -2.73. The molecule has 2 aliphatic rings. The highest BCUT2D eigenvalue weighted by Gasteiger charge is 2.50. The van der Waals surface area contributed by atoms with Gasteiger partial charge in [0.2, 0.25) is 0 Å². The molecular weight excluding hydrogens is 406 g/mol. The molecule has 1 N–H and O–H groups in total. The van der Waals surface area contributed by atoms with Crippen molar-refractivity contribution in [2.75, 3.05) is 6.61 Å². The summed E-state index contributed by atoms with van der Waals surface area (Å²) in [6.07, 6.45) is 3.68. The average Bonchev–Trinajstić information content (AvgIpc) is 3.44. The van der Waals surface area contributed by atoms with E-state index in [-0.39, 0.29) is 17.4 Å². The standard InChI is InChI=1S/C23H24ClNO5/c1-3-29-18-12-14(9-10-16(18)24)21(26)19-20(17-11-8-13(2)30-17)25(23(28)22(19)27)15-6-4-5-7-15/h8-12,15,20,26H,3-7H2,1-2H3/b21-19-. The molecule has 1 saturated carbocycles. The van der Waals surface area contributed by atoms with Gasteiger partial charge in [0.1, 0.15) is 29.1 Å². The molecule has 4 rings (SSSR count). The summed E-state index contributed by atoms with van der Waals surface area (Å²) in [5, 5.41) is 11.5. The van der Waals surface area contributed by atoms with Crippen molar-refractivity contribution in [2.45, 2.75) is 51.6 Å². The maximum atomic E-state index is 13.0. The van der Waals surface area contributed by atoms with Gasteiger partial charge in [0, 0.05) is 11.6 Å². The normalized spacial score (nSPS) is 21.6. The Morgan fingerprint density at radius 1 is 1.23 bits per heavy atom. The lowest BCUT2D eigenvalue weighted by atomic mass is 9.98. The monoisotopic (exact) mass is 429 g/mol. The number of furan rings is 1. The smallest absolute Gasteiger partial charge is 0.296 e. The zero-order chi connectivity index (χ0) is 21.4. The van der Waals surface area contributed by atoms with Crippen LogP contribution in [0.1, 0.15) is 55.7 Å². The first kappa shape index (κ1) is 20.5. The number of Topliss-reactive ketones (excluding diaryl/α,β-unsaturated/α-hetero) is 1. The van der Waals surface area contributed by atoms with Crippen LogP contribution in [0.15, 0.2) is 40.3 Å². The Labute approximate surface area is 180 Å². The third-order valence-corrected chi connectivity index (χ3v) is 6.05. The molecule has 2 heterocycles. The fourth-order valence-corrected chi connectivity index (χ4v) is 4.53. The first-order valence-corrected chi connectivity index (χ1v) is 10.6. The van der Waals surface area contributed by atoms with Crippen LogP contribution in [0.25, 0.3) is 5.76 Å². The van der Waals surface area contributed by atoms with E-state index in [0.29, 0.717) is 34.5 Å². The summed E-state index contributed by atoms with van der Waals surface area (Å²) in [4.78, 5) is 27.6. The molecule has 1 atom stereocenters. The topological polar surface area (TPSA) is 80.0 Å². The number of carbonyl (C=O) groups is 2. The van der Waals surface area contributed by atoms with Gasteiger partial charge in [-0.1, -0.05) is 24.4 Å². The first-order chi connectivity index (χ1) is 14.4. The van der Waals surface area contributed by atoms with Crippen LogP contribution in [0.3, 0.4) is 0 Å². The van der Waals surface area contributed by atoms with Crippen molar-refractivity contribution in [1.29, 1.82) is 0 Å². The number of halogens is 1. The minimum Gasteiger partial charge on any atom is -0.507 e. The van der Waals surface area contributed by atoms with E-state index in [9.17, 15) is 14.7 Å². The van der Waals surface area contributed by atoms with Crippen LogP contribution in [-0.4, -0.2) is 34.3 Å². The molecule has 7 heteroatoms. The minimum atomic E-state index is -0.756. The molecule has 0 bridgehead atoms. The van der Waals surface area contributed by atoms with Crippen molar-refractivity contribution in [3.8, 4) is 5.75 Å². The van der Waals surface area contributed by atoms with E-state index in [1.807, 2.05) is 6.92 Å². The summed E-state index contributed by atoms with van der Waals surface area (Å²) in [6.45, 7) is 4.04. The number of benzene rings is 1. The van der Waals surface area contributed by atoms with E-state index < -0.39 is 17.7 Å². The molecule has 0 radical (unpaired) electrons. The van der Waals surface area contributed by atoms with E-state index >= 15 is 0 Å². The van der Waals surface area contributed by atoms with Gasteiger partial charge < -0.3 is 19.2 Å². The van der Waals surface area contributed by atoms with Gasteiger partial charge >= 0.3 is 0 Å². The zero-order valence-corrected chi connectivity index (χ0v) is 17.7. The van der Waals surface area contributed by atoms with Gasteiger partial charge in [-0.25, -0.2) is 0 Å². The van der Waals surface area contributed by atoms with E-state index in [4.69, 9.17) is 20.8 Å². The molecule has 1 aromatic heterocycles. The Kier molecular flexibility index (Phi) is 5.60. The van der Waals surface area contributed by atoms with Crippen molar-refractivity contribution >= 4 is 29.1 Å². The molecule has 2 fully saturated rings. The number of hydrogen-bond donors (Lipinski definition) is 1. The van der Waals surface area contributed by atoms with E-state index in [0.717, 1.165) is 25.7 Å². The molecular formula is C23H24ClNO5. The highest BCUT2D eigenvalue weighted by molar-refractivity contribution is 6.46. The summed E-state index contributed by atoms with van der Waals surface area (Å²) in [7, 11) is 0. The summed E-state index contributed by atoms with van der Waals surface area (Å²) in [6, 6.07) is 7.52. The first-order valence-electron chi connectivity index (χ1n) is 10.2. The van der Waals surface area contributed by atoms with E-state index in [2.05, 4.69) is 0 Å². The molecule has 1 aliphatic carbocycles. The predicted molar refractivity (Wildman–Crippen MR) is 112 cm³/mol. The van der Waals surface area contributed by atoms with Crippen LogP contribution >= 0.6 is 11.6 Å². The summed E-state index contributed by atoms with van der Waals surface area (Å²) in [5.41, 5.74) is 0.395. The van der Waals surface area contributed by atoms with Crippen LogP contribution in [-0.2, 0) is 9.59 Å². The second kappa shape index (κ2) is 8.19. The van der Waals surface area contributed by atoms with Gasteiger partial charge in [0.25, 0.3) is 11.7 Å². The summed E-state index contributed by atoms with van der Waals surface area (Å²) in [5.74, 6) is -0.0108. The SMILES string of the molecule is CCOc1cc(/C(O)=C2/C(=O)C(=O)N(C3CCCC3)C2c2ccc(C)o2)ccc1Cl. The number of hydrogen-bond acceptors (Lipinski definition) is 5. The molecule has 1 saturated heterocycles. The molecule has 1 unspecified atom stereocenters. The summed E-state index contributed by atoms with van der Waals surface area (Å²) >= 11 is 6.16. The molecule has 158 valence electrons. The molecule has 0 spiro atoms. The molecule has 1 aliphatic heterocycles. The third kappa shape index (κ3) is 3.49. The highest BCUT2D eigenvalue weighted by atomic mass is 35.5. The number of rotatable bonds is 5. The van der Waals surface area contributed by atoms with Gasteiger partial charge in [-0.2, -0.15) is 0 Å². The average molecular weight is 430 g/mol. The fourth-order valence-electron chi connectivity index (χ4n) is 4.36. The lowest BCUT2D eigenvalue weighted by Gasteiger charge is -2.29. The van der Waals surface area contributed by atoms with E-state index in [1.54, 1.807) is 42.2 Å². The van der Waals surface area contributed by atoms with Crippen LogP contribution in [0.5, 0.6) is 5.75 Å². The second-order valence-corrected chi connectivity index (χ2v) is 8.08. The Bertz CT molecular complexity index is 1020. The number of nitrogens with zero attached hydrogens (tertiary/aromatic N) is 1. The summed E-state index contributed by atoms with van der Waals surface area (Å²) < 4.78 is 11.3. The van der Waals surface area contributed by atoms with Crippen molar-refractivity contribution in [3.63, 3.8) is 0 Å². The predicted octanol–water partition coefficient (Wildman–Crippen LogP) is 5.00. The molecule has 2 aromatic rings. The van der Waals surface area contributed by atoms with E-state index in [1.165, 1.54) is 0 Å². The van der Waals surface area contributed by atoms with Gasteiger partial charge in [0.05, 0.1) is 17.2 Å². The van der Waals surface area contributed by atoms with Crippen molar-refractivity contribution < 1.29 is 23.8 Å². The minimum absolute atomic E-state index is 0.0334. The van der Waals surface area contributed by atoms with Crippen molar-refractivity contribution in [1.82, 2.24) is 4.90 Å². The quantitative estimate of drug-likeness (QED) is 0.410. The number of ketones is 1. The van der Waals surface area contributed by atoms with Crippen LogP contribution in [0.4, 0.5) is 0 Å². The molecule has 30 heavy (non-hydrogen) atoms. The lowest BCUT2D eigenvalue weighted by molar-refractivity contribution is -0.141. The van der Waals surface area contributed by atoms with Gasteiger partial charge in [-0.15, -0.1) is 0 Å². The number of amides is 1. The highest BCUT2D eigenvalue weighted by Crippen LogP contribution is 2.44. The Balaban J connectivity index is 1.86. The third-order valence-electron chi connectivity index (χ3n) is 5.73. The number of aliphatic hydroxyl groups excluding tert-OH is 1. The number of aliphatic hydroxyl groups is 1. The number of likely N-dealkylation sites (tertiary alicyclic amines) is 1. The molecule has 1 amide bonds. The number of ether oxygens (including phenoxy) is 1. The number of aryl methyl sites for hydroxylation is 1. The fraction of sp³-hybridized carbons (Fsp3) is 0.391. The van der Waals surface area contributed by atoms with Crippen LogP contribution in [0.2, 0.25) is 5.02 Å². The van der Waals surface area contributed by atoms with Crippen LogP contribution in [0, 0.1) is 6.92 Å². The van der Waals surface area contributed by atoms with Crippen molar-refractivity contribution in [3.05, 3.63) is 58.0 Å². The Morgan fingerprint density at radius 2 is 1.97 bits per heavy atom. The maximum absolute atomic E-state index is 13.0. The van der Waals surface area contributed by atoms with Gasteiger partial charge in [-0.3, -0.25) is 9.59 Å². The largest absolute Gasteiger partial charge is 0.507 e. The van der Waals surface area contributed by atoms with Gasteiger partial charge in [-0.05, 0) is 57.0 Å². The van der Waals surface area contributed by atoms with Gasteiger partial charge in [0.15, 0.2) is 0 Å². The maximum Gasteiger partial charge on any atom is 0.296 e. The zero-order valence-electron chi connectivity index (χ0n) is 17.0. The Morgan fingerprint density at radius 3 is 2.60 bits per heavy atom. The molecule has 1 aromatic carbocycles. The lowest BCUT2D eigenvalue weighted by Crippen LogP contribution is -2.37. The number of carbonyl (C=O) groups excluding carboxylic acids is 2.